The van der Waals surface area contributed by atoms with Crippen LogP contribution in [0.2, 0.25) is 0 Å². The van der Waals surface area contributed by atoms with Crippen LogP contribution in [0.4, 0.5) is 8.78 Å². The molecule has 0 radical (unpaired) electrons. The minimum Gasteiger partial charge on any atom is -0.373 e. The van der Waals surface area contributed by atoms with E-state index in [9.17, 15) is 8.78 Å². The van der Waals surface area contributed by atoms with Crippen molar-refractivity contribution in [2.75, 3.05) is 26.2 Å². The smallest absolute Gasteiger partial charge is 0.191 e. The third kappa shape index (κ3) is 6.88. The van der Waals surface area contributed by atoms with E-state index in [1.807, 2.05) is 6.92 Å². The number of guanidine groups is 1. The van der Waals surface area contributed by atoms with Gasteiger partial charge in [-0.2, -0.15) is 0 Å². The summed E-state index contributed by atoms with van der Waals surface area (Å²) in [5, 5.41) is 6.36. The zero-order valence-electron chi connectivity index (χ0n) is 14.2. The van der Waals surface area contributed by atoms with E-state index in [0.29, 0.717) is 31.0 Å². The number of hydrogen-bond acceptors (Lipinski definition) is 2. The number of hydrogen-bond donors (Lipinski definition) is 2. The predicted octanol–water partition coefficient (Wildman–Crippen LogP) is 3.25. The summed E-state index contributed by atoms with van der Waals surface area (Å²) in [6, 6.07) is 3.58. The van der Waals surface area contributed by atoms with Crippen LogP contribution < -0.4 is 10.6 Å². The third-order valence-electron chi connectivity index (χ3n) is 3.84. The van der Waals surface area contributed by atoms with Crippen molar-refractivity contribution in [3.63, 3.8) is 0 Å². The molecule has 136 valence electrons. The average Bonchev–Trinajstić information content (AvgIpc) is 2.91. The minimum absolute atomic E-state index is 0. The lowest BCUT2D eigenvalue weighted by molar-refractivity contribution is 0.0283. The van der Waals surface area contributed by atoms with E-state index in [-0.39, 0.29) is 29.6 Å². The van der Waals surface area contributed by atoms with Gasteiger partial charge in [0.2, 0.25) is 0 Å². The maximum atomic E-state index is 13.2. The highest BCUT2D eigenvalue weighted by Gasteiger charge is 2.29. The van der Waals surface area contributed by atoms with Crippen molar-refractivity contribution >= 4 is 29.9 Å². The Morgan fingerprint density at radius 1 is 1.25 bits per heavy atom. The van der Waals surface area contributed by atoms with Crippen molar-refractivity contribution in [1.29, 1.82) is 0 Å². The maximum Gasteiger partial charge on any atom is 0.191 e. The summed E-state index contributed by atoms with van der Waals surface area (Å²) in [5.41, 5.74) is 0.436. The van der Waals surface area contributed by atoms with Crippen molar-refractivity contribution in [2.24, 2.45) is 4.99 Å². The number of aliphatic imine (C=N–C) groups is 1. The number of rotatable bonds is 6. The van der Waals surface area contributed by atoms with E-state index in [1.54, 1.807) is 0 Å². The molecule has 1 atom stereocenters. The first-order chi connectivity index (χ1) is 11.0. The Labute approximate surface area is 159 Å². The minimum atomic E-state index is -0.549. The Bertz CT molecular complexity index is 528. The molecule has 0 amide bonds. The lowest BCUT2D eigenvalue weighted by Crippen LogP contribution is -2.40. The van der Waals surface area contributed by atoms with Gasteiger partial charge in [-0.15, -0.1) is 24.0 Å². The van der Waals surface area contributed by atoms with Crippen LogP contribution in [0.25, 0.3) is 0 Å². The van der Waals surface area contributed by atoms with E-state index < -0.39 is 11.6 Å². The summed E-state index contributed by atoms with van der Waals surface area (Å²) in [6.07, 6.45) is 2.60. The molecule has 1 aromatic rings. The molecule has 2 N–H and O–H groups in total. The molecule has 1 aromatic carbocycles. The van der Waals surface area contributed by atoms with Crippen LogP contribution in [0.15, 0.2) is 23.2 Å². The highest BCUT2D eigenvalue weighted by Crippen LogP contribution is 2.24. The van der Waals surface area contributed by atoms with Crippen LogP contribution in [-0.4, -0.2) is 37.8 Å². The van der Waals surface area contributed by atoms with Crippen molar-refractivity contribution in [3.8, 4) is 0 Å². The van der Waals surface area contributed by atoms with Crippen LogP contribution in [0.3, 0.4) is 0 Å². The number of halogens is 3. The molecule has 1 unspecified atom stereocenters. The van der Waals surface area contributed by atoms with Crippen molar-refractivity contribution < 1.29 is 13.5 Å². The molecule has 0 aliphatic carbocycles. The predicted molar refractivity (Wildman–Crippen MR) is 103 cm³/mol. The average molecular weight is 453 g/mol. The van der Waals surface area contributed by atoms with Crippen LogP contribution in [0.5, 0.6) is 0 Å². The largest absolute Gasteiger partial charge is 0.373 e. The quantitative estimate of drug-likeness (QED) is 0.395. The van der Waals surface area contributed by atoms with Crippen LogP contribution in [0, 0.1) is 11.6 Å². The summed E-state index contributed by atoms with van der Waals surface area (Å²) in [6.45, 7) is 6.75. The van der Waals surface area contributed by atoms with E-state index in [0.717, 1.165) is 32.1 Å². The molecule has 7 heteroatoms. The lowest BCUT2D eigenvalue weighted by Gasteiger charge is -2.21. The monoisotopic (exact) mass is 453 g/mol. The molecule has 4 nitrogen and oxygen atoms in total. The second-order valence-electron chi connectivity index (χ2n) is 6.05. The fourth-order valence-corrected chi connectivity index (χ4v) is 2.63. The Morgan fingerprint density at radius 3 is 2.54 bits per heavy atom. The van der Waals surface area contributed by atoms with Gasteiger partial charge in [-0.05, 0) is 50.8 Å². The van der Waals surface area contributed by atoms with Gasteiger partial charge in [0.05, 0.1) is 12.1 Å². The van der Waals surface area contributed by atoms with Gasteiger partial charge in [-0.3, -0.25) is 4.99 Å². The van der Waals surface area contributed by atoms with Gasteiger partial charge >= 0.3 is 0 Å². The van der Waals surface area contributed by atoms with E-state index in [2.05, 4.69) is 22.5 Å². The molecule has 1 heterocycles. The summed E-state index contributed by atoms with van der Waals surface area (Å²) in [4.78, 5) is 4.55. The molecule has 0 saturated carbocycles. The molecule has 24 heavy (non-hydrogen) atoms. The zero-order chi connectivity index (χ0) is 16.7. The van der Waals surface area contributed by atoms with E-state index in [4.69, 9.17) is 4.74 Å². The van der Waals surface area contributed by atoms with Gasteiger partial charge in [-0.1, -0.05) is 0 Å². The summed E-state index contributed by atoms with van der Waals surface area (Å²) < 4.78 is 32.0. The molecule has 1 aliphatic rings. The van der Waals surface area contributed by atoms with Gasteiger partial charge in [-0.25, -0.2) is 8.78 Å². The molecular weight excluding hydrogens is 427 g/mol. The Hall–Kier alpha value is -0.960. The van der Waals surface area contributed by atoms with Crippen LogP contribution >= 0.6 is 24.0 Å². The zero-order valence-corrected chi connectivity index (χ0v) is 16.5. The molecule has 2 rings (SSSR count). The first-order valence-electron chi connectivity index (χ1n) is 8.12. The van der Waals surface area contributed by atoms with Gasteiger partial charge in [0.25, 0.3) is 0 Å². The summed E-state index contributed by atoms with van der Waals surface area (Å²) in [7, 11) is 0. The Kier molecular flexibility index (Phi) is 8.90. The highest BCUT2D eigenvalue weighted by atomic mass is 127. The fourth-order valence-electron chi connectivity index (χ4n) is 2.63. The first-order valence-corrected chi connectivity index (χ1v) is 8.12. The fraction of sp³-hybridized carbons (Fsp3) is 0.588. The SMILES string of the molecule is CCNC(=NCC1(C)CCCO1)NCCc1cc(F)cc(F)c1.I. The molecule has 1 aliphatic heterocycles. The van der Waals surface area contributed by atoms with E-state index >= 15 is 0 Å². The first kappa shape index (κ1) is 21.1. The van der Waals surface area contributed by atoms with Crippen molar-refractivity contribution in [1.82, 2.24) is 10.6 Å². The molecule has 1 saturated heterocycles. The van der Waals surface area contributed by atoms with Gasteiger partial charge < -0.3 is 15.4 Å². The number of ether oxygens (including phenoxy) is 1. The summed E-state index contributed by atoms with van der Waals surface area (Å²) in [5.74, 6) is -0.403. The van der Waals surface area contributed by atoms with Crippen molar-refractivity contribution in [2.45, 2.75) is 38.7 Å². The molecule has 0 spiro atoms. The molecule has 1 fully saturated rings. The number of benzene rings is 1. The molecule has 0 aromatic heterocycles. The van der Waals surface area contributed by atoms with Gasteiger partial charge in [0.1, 0.15) is 11.6 Å². The molecule has 0 bridgehead atoms. The normalized spacial score (nSPS) is 20.6. The van der Waals surface area contributed by atoms with E-state index in [1.165, 1.54) is 12.1 Å². The topological polar surface area (TPSA) is 45.7 Å². The van der Waals surface area contributed by atoms with Gasteiger partial charge in [0.15, 0.2) is 5.96 Å². The lowest BCUT2D eigenvalue weighted by atomic mass is 10.0. The number of nitrogens with zero attached hydrogens (tertiary/aromatic N) is 1. The van der Waals surface area contributed by atoms with Crippen molar-refractivity contribution in [3.05, 3.63) is 35.4 Å². The third-order valence-corrected chi connectivity index (χ3v) is 3.84. The Balaban J connectivity index is 0.00000288. The van der Waals surface area contributed by atoms with Crippen LogP contribution in [-0.2, 0) is 11.2 Å². The Morgan fingerprint density at radius 2 is 1.96 bits per heavy atom. The van der Waals surface area contributed by atoms with Gasteiger partial charge in [0, 0.05) is 25.8 Å². The van der Waals surface area contributed by atoms with Crippen LogP contribution in [0.1, 0.15) is 32.3 Å². The number of nitrogens with one attached hydrogen (secondary N) is 2. The maximum absolute atomic E-state index is 13.2. The second-order valence-corrected chi connectivity index (χ2v) is 6.05. The highest BCUT2D eigenvalue weighted by molar-refractivity contribution is 14.0. The standard InChI is InChI=1S/C17H25F2N3O.HI/c1-3-20-16(22-12-17(2)6-4-8-23-17)21-7-5-13-9-14(18)11-15(19)10-13;/h9-11H,3-8,12H2,1-2H3,(H2,20,21,22);1H. The summed E-state index contributed by atoms with van der Waals surface area (Å²) >= 11 is 0. The molecular formula is C17H26F2IN3O. The second kappa shape index (κ2) is 10.1.